The summed E-state index contributed by atoms with van der Waals surface area (Å²) in [6.45, 7) is 6.83. The molecular formula is C16H25N. The largest absolute Gasteiger partial charge is 0.325 e. The number of benzene rings is 1. The summed E-state index contributed by atoms with van der Waals surface area (Å²) in [6, 6.07) is 8.78. The van der Waals surface area contributed by atoms with Crippen molar-refractivity contribution in [2.75, 3.05) is 0 Å². The van der Waals surface area contributed by atoms with Crippen LogP contribution < -0.4 is 5.73 Å². The molecule has 17 heavy (non-hydrogen) atoms. The van der Waals surface area contributed by atoms with E-state index in [1.165, 1.54) is 30.4 Å². The summed E-state index contributed by atoms with van der Waals surface area (Å²) in [5, 5.41) is 0. The first-order chi connectivity index (χ1) is 7.97. The molecule has 0 heterocycles. The highest BCUT2D eigenvalue weighted by Crippen LogP contribution is 2.36. The Morgan fingerprint density at radius 1 is 1.24 bits per heavy atom. The summed E-state index contributed by atoms with van der Waals surface area (Å²) in [6.07, 6.45) is 4.71. The Morgan fingerprint density at radius 3 is 2.47 bits per heavy atom. The van der Waals surface area contributed by atoms with Gasteiger partial charge in [0.2, 0.25) is 0 Å². The molecule has 2 rings (SSSR count). The molecule has 1 aromatic carbocycles. The lowest BCUT2D eigenvalue weighted by Gasteiger charge is -2.40. The molecule has 1 nitrogen and oxygen atoms in total. The van der Waals surface area contributed by atoms with Gasteiger partial charge in [0.25, 0.3) is 0 Å². The molecule has 0 saturated heterocycles. The van der Waals surface area contributed by atoms with Crippen LogP contribution in [0.4, 0.5) is 0 Å². The van der Waals surface area contributed by atoms with Crippen LogP contribution in [0.3, 0.4) is 0 Å². The molecule has 1 heteroatoms. The van der Waals surface area contributed by atoms with E-state index in [0.717, 1.165) is 18.3 Å². The van der Waals surface area contributed by atoms with Gasteiger partial charge in [-0.25, -0.2) is 0 Å². The van der Waals surface area contributed by atoms with Gasteiger partial charge in [-0.2, -0.15) is 0 Å². The smallest absolute Gasteiger partial charge is 0.0200 e. The molecule has 0 spiro atoms. The molecule has 2 N–H and O–H groups in total. The van der Waals surface area contributed by atoms with Gasteiger partial charge in [-0.3, -0.25) is 0 Å². The van der Waals surface area contributed by atoms with Crippen molar-refractivity contribution in [1.29, 1.82) is 0 Å². The van der Waals surface area contributed by atoms with Crippen molar-refractivity contribution in [3.8, 4) is 0 Å². The summed E-state index contributed by atoms with van der Waals surface area (Å²) < 4.78 is 0. The normalized spacial score (nSPS) is 33.6. The van der Waals surface area contributed by atoms with Crippen LogP contribution in [0, 0.1) is 18.8 Å². The van der Waals surface area contributed by atoms with E-state index in [9.17, 15) is 0 Å². The maximum absolute atomic E-state index is 6.62. The zero-order valence-electron chi connectivity index (χ0n) is 11.4. The van der Waals surface area contributed by atoms with Crippen LogP contribution >= 0.6 is 0 Å². The predicted molar refractivity (Wildman–Crippen MR) is 74.0 cm³/mol. The SMILES string of the molecule is Cc1cccc(CC2(N)CC(C)CC(C)C2)c1. The van der Waals surface area contributed by atoms with Gasteiger partial charge in [0.15, 0.2) is 0 Å². The Hall–Kier alpha value is -0.820. The molecule has 1 aromatic rings. The van der Waals surface area contributed by atoms with Gasteiger partial charge >= 0.3 is 0 Å². The highest BCUT2D eigenvalue weighted by Gasteiger charge is 2.34. The van der Waals surface area contributed by atoms with Gasteiger partial charge in [0, 0.05) is 5.54 Å². The highest BCUT2D eigenvalue weighted by atomic mass is 14.8. The molecule has 1 fully saturated rings. The summed E-state index contributed by atoms with van der Waals surface area (Å²) in [5.41, 5.74) is 9.37. The van der Waals surface area contributed by atoms with E-state index in [0.29, 0.717) is 0 Å². The first kappa shape index (κ1) is 12.6. The fourth-order valence-electron chi connectivity index (χ4n) is 3.70. The van der Waals surface area contributed by atoms with E-state index in [-0.39, 0.29) is 5.54 Å². The second-order valence-electron chi connectivity index (χ2n) is 6.38. The minimum absolute atomic E-state index is 0.0187. The zero-order chi connectivity index (χ0) is 12.5. The molecule has 0 aliphatic heterocycles. The van der Waals surface area contributed by atoms with Gasteiger partial charge in [0.1, 0.15) is 0 Å². The van der Waals surface area contributed by atoms with Gasteiger partial charge < -0.3 is 5.73 Å². The Bertz CT molecular complexity index is 373. The van der Waals surface area contributed by atoms with E-state index in [1.54, 1.807) is 0 Å². The molecule has 1 aliphatic carbocycles. The standard InChI is InChI=1S/C16H25N/c1-12-5-4-6-15(8-12)11-16(17)9-13(2)7-14(3)10-16/h4-6,8,13-14H,7,9-11,17H2,1-3H3. The number of nitrogens with two attached hydrogens (primary N) is 1. The maximum Gasteiger partial charge on any atom is 0.0200 e. The zero-order valence-corrected chi connectivity index (χ0v) is 11.4. The molecule has 1 saturated carbocycles. The second-order valence-corrected chi connectivity index (χ2v) is 6.38. The monoisotopic (exact) mass is 231 g/mol. The van der Waals surface area contributed by atoms with Gasteiger partial charge in [0.05, 0.1) is 0 Å². The Kier molecular flexibility index (Phi) is 3.58. The van der Waals surface area contributed by atoms with E-state index in [2.05, 4.69) is 45.0 Å². The average Bonchev–Trinajstić information content (AvgIpc) is 2.13. The first-order valence-corrected chi connectivity index (χ1v) is 6.81. The summed E-state index contributed by atoms with van der Waals surface area (Å²) >= 11 is 0. The van der Waals surface area contributed by atoms with Crippen molar-refractivity contribution in [2.45, 2.75) is 52.0 Å². The van der Waals surface area contributed by atoms with Crippen LogP contribution in [0.1, 0.15) is 44.2 Å². The molecule has 94 valence electrons. The average molecular weight is 231 g/mol. The summed E-state index contributed by atoms with van der Waals surface area (Å²) in [4.78, 5) is 0. The van der Waals surface area contributed by atoms with Gasteiger partial charge in [-0.05, 0) is 50.0 Å². The maximum atomic E-state index is 6.62. The van der Waals surface area contributed by atoms with E-state index < -0.39 is 0 Å². The molecule has 1 aliphatic rings. The predicted octanol–water partition coefficient (Wildman–Crippen LogP) is 3.69. The fraction of sp³-hybridized carbons (Fsp3) is 0.625. The van der Waals surface area contributed by atoms with Crippen molar-refractivity contribution < 1.29 is 0 Å². The second kappa shape index (κ2) is 4.81. The Balaban J connectivity index is 2.11. The number of hydrogen-bond acceptors (Lipinski definition) is 1. The lowest BCUT2D eigenvalue weighted by molar-refractivity contribution is 0.182. The quantitative estimate of drug-likeness (QED) is 0.825. The van der Waals surface area contributed by atoms with Crippen LogP contribution in [0.5, 0.6) is 0 Å². The number of hydrogen-bond donors (Lipinski definition) is 1. The molecule has 0 aromatic heterocycles. The topological polar surface area (TPSA) is 26.0 Å². The molecule has 2 atom stereocenters. The first-order valence-electron chi connectivity index (χ1n) is 6.81. The van der Waals surface area contributed by atoms with Crippen LogP contribution in [0.2, 0.25) is 0 Å². The van der Waals surface area contributed by atoms with Crippen LogP contribution in [0.25, 0.3) is 0 Å². The Morgan fingerprint density at radius 2 is 1.88 bits per heavy atom. The molecule has 0 bridgehead atoms. The van der Waals surface area contributed by atoms with E-state index >= 15 is 0 Å². The lowest BCUT2D eigenvalue weighted by atomic mass is 9.70. The third-order valence-electron chi connectivity index (χ3n) is 3.95. The van der Waals surface area contributed by atoms with Crippen molar-refractivity contribution in [1.82, 2.24) is 0 Å². The minimum Gasteiger partial charge on any atom is -0.325 e. The van der Waals surface area contributed by atoms with Crippen molar-refractivity contribution in [2.24, 2.45) is 17.6 Å². The van der Waals surface area contributed by atoms with Gasteiger partial charge in [-0.15, -0.1) is 0 Å². The molecule has 2 unspecified atom stereocenters. The highest BCUT2D eigenvalue weighted by molar-refractivity contribution is 5.24. The summed E-state index contributed by atoms with van der Waals surface area (Å²) in [5.74, 6) is 1.54. The fourth-order valence-corrected chi connectivity index (χ4v) is 3.70. The Labute approximate surface area is 105 Å². The van der Waals surface area contributed by atoms with Crippen molar-refractivity contribution >= 4 is 0 Å². The third kappa shape index (κ3) is 3.32. The molecular weight excluding hydrogens is 206 g/mol. The molecule has 0 amide bonds. The number of rotatable bonds is 2. The number of aryl methyl sites for hydroxylation is 1. The summed E-state index contributed by atoms with van der Waals surface area (Å²) in [7, 11) is 0. The molecule has 0 radical (unpaired) electrons. The van der Waals surface area contributed by atoms with Crippen molar-refractivity contribution in [3.05, 3.63) is 35.4 Å². The van der Waals surface area contributed by atoms with Crippen LogP contribution in [0.15, 0.2) is 24.3 Å². The van der Waals surface area contributed by atoms with Crippen LogP contribution in [-0.2, 0) is 6.42 Å². The van der Waals surface area contributed by atoms with Crippen molar-refractivity contribution in [3.63, 3.8) is 0 Å². The minimum atomic E-state index is 0.0187. The third-order valence-corrected chi connectivity index (χ3v) is 3.95. The van der Waals surface area contributed by atoms with E-state index in [4.69, 9.17) is 5.73 Å². The lowest BCUT2D eigenvalue weighted by Crippen LogP contribution is -2.48. The van der Waals surface area contributed by atoms with E-state index in [1.807, 2.05) is 0 Å². The van der Waals surface area contributed by atoms with Gasteiger partial charge in [-0.1, -0.05) is 43.7 Å². The van der Waals surface area contributed by atoms with Crippen LogP contribution in [-0.4, -0.2) is 5.54 Å².